The number of hydrogen-bond acceptors (Lipinski definition) is 7. The van der Waals surface area contributed by atoms with Crippen molar-refractivity contribution in [1.82, 2.24) is 5.43 Å². The van der Waals surface area contributed by atoms with E-state index >= 15 is 0 Å². The van der Waals surface area contributed by atoms with Gasteiger partial charge in [-0.25, -0.2) is 5.43 Å². The second kappa shape index (κ2) is 10.3. The summed E-state index contributed by atoms with van der Waals surface area (Å²) >= 11 is 0. The van der Waals surface area contributed by atoms with Gasteiger partial charge in [0, 0.05) is 30.4 Å². The predicted molar refractivity (Wildman–Crippen MR) is 110 cm³/mol. The molecule has 0 aromatic heterocycles. The fourth-order valence-electron chi connectivity index (χ4n) is 2.85. The normalized spacial score (nSPS) is 13.9. The molecule has 1 N–H and O–H groups in total. The number of amides is 1. The molecule has 2 aromatic carbocycles. The van der Waals surface area contributed by atoms with Gasteiger partial charge in [-0.2, -0.15) is 5.10 Å². The standard InChI is InChI=1S/C21H25N3O5/c1-26-18-5-7-19(8-6-18)29-15-21(25)23-22-14-16-3-4-17(13-20(16)27-2)24-9-11-28-12-10-24/h3-8,13-14H,9-12,15H2,1-2H3,(H,23,25)/b22-14+. The van der Waals surface area contributed by atoms with E-state index in [9.17, 15) is 4.79 Å². The van der Waals surface area contributed by atoms with Crippen LogP contribution in [0.1, 0.15) is 5.56 Å². The Hall–Kier alpha value is -3.26. The molecule has 0 atom stereocenters. The number of nitrogens with zero attached hydrogens (tertiary/aromatic N) is 2. The van der Waals surface area contributed by atoms with Gasteiger partial charge >= 0.3 is 0 Å². The molecule has 1 aliphatic heterocycles. The summed E-state index contributed by atoms with van der Waals surface area (Å²) in [6, 6.07) is 12.9. The number of methoxy groups -OCH3 is 2. The minimum atomic E-state index is -0.360. The van der Waals surface area contributed by atoms with Crippen LogP contribution < -0.4 is 24.5 Å². The van der Waals surface area contributed by atoms with E-state index in [1.165, 1.54) is 0 Å². The Bertz CT molecular complexity index is 833. The quantitative estimate of drug-likeness (QED) is 0.541. The molecule has 0 aliphatic carbocycles. The maximum Gasteiger partial charge on any atom is 0.277 e. The Kier molecular flexibility index (Phi) is 7.29. The van der Waals surface area contributed by atoms with Crippen LogP contribution in [-0.2, 0) is 9.53 Å². The summed E-state index contributed by atoms with van der Waals surface area (Å²) in [5.41, 5.74) is 4.28. The Labute approximate surface area is 170 Å². The van der Waals surface area contributed by atoms with Crippen LogP contribution in [0.15, 0.2) is 47.6 Å². The maximum absolute atomic E-state index is 11.9. The van der Waals surface area contributed by atoms with Crippen molar-refractivity contribution < 1.29 is 23.7 Å². The molecule has 3 rings (SSSR count). The topological polar surface area (TPSA) is 81.6 Å². The van der Waals surface area contributed by atoms with Crippen LogP contribution in [0.5, 0.6) is 17.2 Å². The molecule has 1 aliphatic rings. The van der Waals surface area contributed by atoms with E-state index in [1.54, 1.807) is 44.7 Å². The summed E-state index contributed by atoms with van der Waals surface area (Å²) in [6.07, 6.45) is 1.55. The maximum atomic E-state index is 11.9. The lowest BCUT2D eigenvalue weighted by molar-refractivity contribution is -0.123. The minimum Gasteiger partial charge on any atom is -0.497 e. The van der Waals surface area contributed by atoms with Crippen molar-refractivity contribution in [2.45, 2.75) is 0 Å². The molecule has 1 saturated heterocycles. The number of anilines is 1. The molecule has 0 bridgehead atoms. The van der Waals surface area contributed by atoms with Crippen LogP contribution in [0.4, 0.5) is 5.69 Å². The number of hydrazone groups is 1. The Morgan fingerprint density at radius 1 is 1.10 bits per heavy atom. The molecule has 8 nitrogen and oxygen atoms in total. The lowest BCUT2D eigenvalue weighted by atomic mass is 10.1. The fourth-order valence-corrected chi connectivity index (χ4v) is 2.85. The highest BCUT2D eigenvalue weighted by Crippen LogP contribution is 2.25. The molecule has 0 unspecified atom stereocenters. The zero-order chi connectivity index (χ0) is 20.5. The molecule has 8 heteroatoms. The predicted octanol–water partition coefficient (Wildman–Crippen LogP) is 2.07. The van der Waals surface area contributed by atoms with Crippen LogP contribution >= 0.6 is 0 Å². The third-order valence-corrected chi connectivity index (χ3v) is 4.42. The van der Waals surface area contributed by atoms with Crippen molar-refractivity contribution in [1.29, 1.82) is 0 Å². The Morgan fingerprint density at radius 2 is 1.83 bits per heavy atom. The van der Waals surface area contributed by atoms with E-state index in [2.05, 4.69) is 15.4 Å². The molecule has 0 radical (unpaired) electrons. The van der Waals surface area contributed by atoms with Gasteiger partial charge < -0.3 is 23.8 Å². The first kappa shape index (κ1) is 20.5. The highest BCUT2D eigenvalue weighted by molar-refractivity contribution is 5.86. The van der Waals surface area contributed by atoms with E-state index < -0.39 is 0 Å². The van der Waals surface area contributed by atoms with Crippen molar-refractivity contribution in [3.05, 3.63) is 48.0 Å². The Balaban J connectivity index is 1.52. The number of nitrogens with one attached hydrogen (secondary N) is 1. The van der Waals surface area contributed by atoms with Crippen molar-refractivity contribution in [3.63, 3.8) is 0 Å². The fraction of sp³-hybridized carbons (Fsp3) is 0.333. The summed E-state index contributed by atoms with van der Waals surface area (Å²) in [5.74, 6) is 1.62. The van der Waals surface area contributed by atoms with Crippen LogP contribution in [0.2, 0.25) is 0 Å². The average Bonchev–Trinajstić information content (AvgIpc) is 2.78. The summed E-state index contributed by atoms with van der Waals surface area (Å²) in [7, 11) is 3.20. The number of morpholine rings is 1. The van der Waals surface area contributed by atoms with Crippen molar-refractivity contribution >= 4 is 17.8 Å². The molecule has 1 fully saturated rings. The third-order valence-electron chi connectivity index (χ3n) is 4.42. The lowest BCUT2D eigenvalue weighted by Crippen LogP contribution is -2.36. The molecule has 0 spiro atoms. The molecule has 1 amide bonds. The van der Waals surface area contributed by atoms with Gasteiger partial charge in [0.25, 0.3) is 5.91 Å². The first-order valence-corrected chi connectivity index (χ1v) is 9.29. The van der Waals surface area contributed by atoms with E-state index in [-0.39, 0.29) is 12.5 Å². The number of carbonyl (C=O) groups is 1. The van der Waals surface area contributed by atoms with Gasteiger partial charge in [0.15, 0.2) is 6.61 Å². The summed E-state index contributed by atoms with van der Waals surface area (Å²) in [6.45, 7) is 2.99. The monoisotopic (exact) mass is 399 g/mol. The van der Waals surface area contributed by atoms with Gasteiger partial charge in [0.2, 0.25) is 0 Å². The van der Waals surface area contributed by atoms with E-state index in [0.717, 1.165) is 43.3 Å². The SMILES string of the molecule is COc1ccc(OCC(=O)N/N=C/c2ccc(N3CCOCC3)cc2OC)cc1. The minimum absolute atomic E-state index is 0.142. The van der Waals surface area contributed by atoms with Gasteiger partial charge in [-0.15, -0.1) is 0 Å². The number of ether oxygens (including phenoxy) is 4. The van der Waals surface area contributed by atoms with Crippen molar-refractivity contribution in [2.24, 2.45) is 5.10 Å². The van der Waals surface area contributed by atoms with Crippen molar-refractivity contribution in [3.8, 4) is 17.2 Å². The second-order valence-corrected chi connectivity index (χ2v) is 6.28. The number of rotatable bonds is 8. The van der Waals surface area contributed by atoms with Crippen molar-refractivity contribution in [2.75, 3.05) is 52.0 Å². The first-order chi connectivity index (χ1) is 14.2. The second-order valence-electron chi connectivity index (χ2n) is 6.28. The highest BCUT2D eigenvalue weighted by Gasteiger charge is 2.13. The van der Waals surface area contributed by atoms with E-state index in [0.29, 0.717) is 11.5 Å². The number of hydrogen-bond donors (Lipinski definition) is 1. The average molecular weight is 399 g/mol. The van der Waals surface area contributed by atoms with Crippen LogP contribution in [0.25, 0.3) is 0 Å². The summed E-state index contributed by atoms with van der Waals surface area (Å²) in [5, 5.41) is 3.99. The third kappa shape index (κ3) is 5.86. The number of carbonyl (C=O) groups excluding carboxylic acids is 1. The van der Waals surface area contributed by atoms with E-state index in [1.807, 2.05) is 18.2 Å². The molecule has 154 valence electrons. The lowest BCUT2D eigenvalue weighted by Gasteiger charge is -2.29. The molecular weight excluding hydrogens is 374 g/mol. The molecule has 0 saturated carbocycles. The summed E-state index contributed by atoms with van der Waals surface area (Å²) < 4.78 is 21.3. The molecule has 29 heavy (non-hydrogen) atoms. The Morgan fingerprint density at radius 3 is 2.52 bits per heavy atom. The van der Waals surface area contributed by atoms with Crippen LogP contribution in [-0.4, -0.2) is 59.3 Å². The van der Waals surface area contributed by atoms with Gasteiger partial charge in [-0.3, -0.25) is 4.79 Å². The highest BCUT2D eigenvalue weighted by atomic mass is 16.5. The number of benzene rings is 2. The van der Waals surface area contributed by atoms with Crippen LogP contribution in [0, 0.1) is 0 Å². The smallest absolute Gasteiger partial charge is 0.277 e. The summed E-state index contributed by atoms with van der Waals surface area (Å²) in [4.78, 5) is 14.2. The zero-order valence-corrected chi connectivity index (χ0v) is 16.6. The van der Waals surface area contributed by atoms with Gasteiger partial charge in [-0.1, -0.05) is 0 Å². The largest absolute Gasteiger partial charge is 0.497 e. The van der Waals surface area contributed by atoms with E-state index in [4.69, 9.17) is 18.9 Å². The molecule has 2 aromatic rings. The van der Waals surface area contributed by atoms with Crippen LogP contribution in [0.3, 0.4) is 0 Å². The van der Waals surface area contributed by atoms with Gasteiger partial charge in [-0.05, 0) is 36.4 Å². The van der Waals surface area contributed by atoms with Gasteiger partial charge in [0.1, 0.15) is 17.2 Å². The first-order valence-electron chi connectivity index (χ1n) is 9.29. The molecule has 1 heterocycles. The van der Waals surface area contributed by atoms with Gasteiger partial charge in [0.05, 0.1) is 33.6 Å². The zero-order valence-electron chi connectivity index (χ0n) is 16.6. The molecular formula is C21H25N3O5.